The van der Waals surface area contributed by atoms with Crippen molar-refractivity contribution in [1.29, 1.82) is 0 Å². The Hall–Kier alpha value is -2.67. The highest BCUT2D eigenvalue weighted by Gasteiger charge is 2.39. The lowest BCUT2D eigenvalue weighted by Gasteiger charge is -2.22. The van der Waals surface area contributed by atoms with Crippen LogP contribution < -0.4 is 4.90 Å². The van der Waals surface area contributed by atoms with Gasteiger partial charge in [-0.3, -0.25) is 4.79 Å². The van der Waals surface area contributed by atoms with E-state index in [1.165, 1.54) is 5.56 Å². The van der Waals surface area contributed by atoms with E-state index >= 15 is 0 Å². The van der Waals surface area contributed by atoms with Gasteiger partial charge >= 0.3 is 0 Å². The molecular weight excluding hydrogens is 362 g/mol. The number of para-hydroxylation sites is 1. The van der Waals surface area contributed by atoms with Gasteiger partial charge in [-0.15, -0.1) is 4.40 Å². The predicted octanol–water partition coefficient (Wildman–Crippen LogP) is 2.05. The van der Waals surface area contributed by atoms with Crippen LogP contribution in [0.25, 0.3) is 0 Å². The number of fused-ring (bicyclic) bond motifs is 2. The fraction of sp³-hybridized carbons (Fsp3) is 0.300. The van der Waals surface area contributed by atoms with Crippen LogP contribution in [0.1, 0.15) is 17.5 Å². The van der Waals surface area contributed by atoms with Crippen LogP contribution in [0.5, 0.6) is 0 Å². The van der Waals surface area contributed by atoms with Crippen LogP contribution in [0, 0.1) is 5.92 Å². The van der Waals surface area contributed by atoms with Crippen molar-refractivity contribution in [3.05, 3.63) is 59.7 Å². The number of nitrogens with zero attached hydrogens (tertiary/aromatic N) is 3. The molecule has 2 aromatic carbocycles. The van der Waals surface area contributed by atoms with E-state index in [4.69, 9.17) is 0 Å². The monoisotopic (exact) mass is 381 g/mol. The summed E-state index contributed by atoms with van der Waals surface area (Å²) in [6, 6.07) is 14.9. The molecule has 7 heteroatoms. The molecule has 1 fully saturated rings. The molecule has 1 unspecified atom stereocenters. The van der Waals surface area contributed by atoms with E-state index in [-0.39, 0.29) is 16.7 Å². The zero-order valence-corrected chi connectivity index (χ0v) is 15.5. The number of rotatable bonds is 1. The summed E-state index contributed by atoms with van der Waals surface area (Å²) in [5.74, 6) is 0.453. The van der Waals surface area contributed by atoms with Gasteiger partial charge in [0.05, 0.1) is 5.92 Å². The summed E-state index contributed by atoms with van der Waals surface area (Å²) in [7, 11) is -3.63. The topological polar surface area (TPSA) is 70.0 Å². The Bertz CT molecular complexity index is 1080. The highest BCUT2D eigenvalue weighted by molar-refractivity contribution is 7.90. The van der Waals surface area contributed by atoms with Crippen molar-refractivity contribution in [2.75, 3.05) is 24.5 Å². The smallest absolute Gasteiger partial charge is 0.285 e. The lowest BCUT2D eigenvalue weighted by molar-refractivity contribution is -0.121. The zero-order chi connectivity index (χ0) is 18.6. The molecule has 27 heavy (non-hydrogen) atoms. The van der Waals surface area contributed by atoms with Gasteiger partial charge in [0, 0.05) is 30.9 Å². The van der Waals surface area contributed by atoms with Crippen LogP contribution in [-0.4, -0.2) is 44.7 Å². The number of amidine groups is 1. The standard InChI is InChI=1S/C20H19N3O3S/c24-20(23-12-10-14-5-1-3-7-17(14)23)15-9-11-22(13-15)19-16-6-2-4-8-18(16)27(25,26)21-19/h1-8,15H,9-13H2. The highest BCUT2D eigenvalue weighted by Crippen LogP contribution is 2.33. The van der Waals surface area contributed by atoms with E-state index in [0.717, 1.165) is 12.1 Å². The predicted molar refractivity (Wildman–Crippen MR) is 102 cm³/mol. The van der Waals surface area contributed by atoms with Gasteiger partial charge < -0.3 is 9.80 Å². The molecule has 0 aliphatic carbocycles. The Morgan fingerprint density at radius 2 is 1.81 bits per heavy atom. The van der Waals surface area contributed by atoms with Crippen molar-refractivity contribution >= 4 is 27.5 Å². The average Bonchev–Trinajstić information content (AvgIpc) is 3.38. The Morgan fingerprint density at radius 3 is 2.70 bits per heavy atom. The molecule has 3 aliphatic heterocycles. The number of hydrogen-bond donors (Lipinski definition) is 0. The van der Waals surface area contributed by atoms with E-state index in [1.54, 1.807) is 18.2 Å². The number of likely N-dealkylation sites (tertiary alicyclic amines) is 1. The van der Waals surface area contributed by atoms with Gasteiger partial charge in [-0.25, -0.2) is 0 Å². The Labute approximate surface area is 158 Å². The molecular formula is C20H19N3O3S. The van der Waals surface area contributed by atoms with Crippen molar-refractivity contribution in [1.82, 2.24) is 4.90 Å². The van der Waals surface area contributed by atoms with Crippen LogP contribution in [-0.2, 0) is 21.2 Å². The summed E-state index contributed by atoms with van der Waals surface area (Å²) in [4.78, 5) is 17.2. The molecule has 1 atom stereocenters. The second-order valence-corrected chi connectivity index (χ2v) is 8.76. The quantitative estimate of drug-likeness (QED) is 0.758. The molecule has 2 aromatic rings. The highest BCUT2D eigenvalue weighted by atomic mass is 32.2. The SMILES string of the molecule is O=C(C1CCN(C2=NS(=O)(=O)c3ccccc32)C1)N1CCc2ccccc21. The second-order valence-electron chi connectivity index (χ2n) is 7.19. The molecule has 3 aliphatic rings. The van der Waals surface area contributed by atoms with Crippen LogP contribution >= 0.6 is 0 Å². The molecule has 138 valence electrons. The van der Waals surface area contributed by atoms with Gasteiger partial charge in [0.15, 0.2) is 5.84 Å². The van der Waals surface area contributed by atoms with E-state index < -0.39 is 10.0 Å². The Balaban J connectivity index is 1.38. The minimum Gasteiger partial charge on any atom is -0.355 e. The van der Waals surface area contributed by atoms with E-state index in [1.807, 2.05) is 34.1 Å². The van der Waals surface area contributed by atoms with Crippen molar-refractivity contribution in [2.45, 2.75) is 17.7 Å². The number of amides is 1. The summed E-state index contributed by atoms with van der Waals surface area (Å²) in [6.07, 6.45) is 1.59. The van der Waals surface area contributed by atoms with Crippen molar-refractivity contribution < 1.29 is 13.2 Å². The minimum atomic E-state index is -3.63. The first-order valence-corrected chi connectivity index (χ1v) is 10.6. The first-order valence-electron chi connectivity index (χ1n) is 9.13. The number of carbonyl (C=O) groups excluding carboxylic acids is 1. The molecule has 0 spiro atoms. The number of benzene rings is 2. The van der Waals surface area contributed by atoms with E-state index in [0.29, 0.717) is 37.5 Å². The summed E-state index contributed by atoms with van der Waals surface area (Å²) < 4.78 is 28.6. The third kappa shape index (κ3) is 2.56. The summed E-state index contributed by atoms with van der Waals surface area (Å²) in [6.45, 7) is 1.85. The number of hydrogen-bond acceptors (Lipinski definition) is 4. The van der Waals surface area contributed by atoms with Crippen molar-refractivity contribution in [3.63, 3.8) is 0 Å². The van der Waals surface area contributed by atoms with Crippen LogP contribution in [0.4, 0.5) is 5.69 Å². The fourth-order valence-corrected chi connectivity index (χ4v) is 5.49. The lowest BCUT2D eigenvalue weighted by atomic mass is 10.1. The molecule has 1 saturated heterocycles. The minimum absolute atomic E-state index is 0.122. The molecule has 0 N–H and O–H groups in total. The van der Waals surface area contributed by atoms with Crippen molar-refractivity contribution in [3.8, 4) is 0 Å². The molecule has 0 radical (unpaired) electrons. The van der Waals surface area contributed by atoms with Gasteiger partial charge in [0.1, 0.15) is 4.90 Å². The van der Waals surface area contributed by atoms with Gasteiger partial charge in [-0.05, 0) is 36.6 Å². The fourth-order valence-electron chi connectivity index (χ4n) is 4.26. The van der Waals surface area contributed by atoms with Crippen LogP contribution in [0.3, 0.4) is 0 Å². The normalized spacial score (nSPS) is 22.5. The van der Waals surface area contributed by atoms with Crippen molar-refractivity contribution in [2.24, 2.45) is 10.3 Å². The molecule has 1 amide bonds. The number of carbonyl (C=O) groups is 1. The van der Waals surface area contributed by atoms with Gasteiger partial charge in [0.2, 0.25) is 5.91 Å². The molecule has 3 heterocycles. The maximum Gasteiger partial charge on any atom is 0.285 e. The Kier molecular flexibility index (Phi) is 3.62. The Morgan fingerprint density at radius 1 is 1.04 bits per heavy atom. The van der Waals surface area contributed by atoms with Gasteiger partial charge in [-0.2, -0.15) is 8.42 Å². The number of anilines is 1. The maximum absolute atomic E-state index is 13.1. The molecule has 0 saturated carbocycles. The summed E-state index contributed by atoms with van der Waals surface area (Å²) >= 11 is 0. The van der Waals surface area contributed by atoms with Gasteiger partial charge in [0.25, 0.3) is 10.0 Å². The molecule has 0 aromatic heterocycles. The zero-order valence-electron chi connectivity index (χ0n) is 14.7. The van der Waals surface area contributed by atoms with E-state index in [9.17, 15) is 13.2 Å². The average molecular weight is 381 g/mol. The van der Waals surface area contributed by atoms with Crippen LogP contribution in [0.2, 0.25) is 0 Å². The van der Waals surface area contributed by atoms with E-state index in [2.05, 4.69) is 10.5 Å². The maximum atomic E-state index is 13.1. The first kappa shape index (κ1) is 16.5. The third-order valence-corrected chi connectivity index (χ3v) is 6.93. The lowest BCUT2D eigenvalue weighted by Crippen LogP contribution is -2.37. The molecule has 0 bridgehead atoms. The third-order valence-electron chi connectivity index (χ3n) is 5.60. The molecule has 6 nitrogen and oxygen atoms in total. The summed E-state index contributed by atoms with van der Waals surface area (Å²) in [5, 5.41) is 0. The van der Waals surface area contributed by atoms with Crippen LogP contribution in [0.15, 0.2) is 57.8 Å². The largest absolute Gasteiger partial charge is 0.355 e. The second kappa shape index (κ2) is 5.92. The number of sulfonamides is 1. The first-order chi connectivity index (χ1) is 13.0. The summed E-state index contributed by atoms with van der Waals surface area (Å²) in [5.41, 5.74) is 2.85. The molecule has 5 rings (SSSR count). The van der Waals surface area contributed by atoms with Gasteiger partial charge in [-0.1, -0.05) is 30.3 Å².